The first kappa shape index (κ1) is 47.9. The Morgan fingerprint density at radius 3 is 2.00 bits per heavy atom. The summed E-state index contributed by atoms with van der Waals surface area (Å²) in [5.74, 6) is -4.98. The van der Waals surface area contributed by atoms with E-state index in [1.54, 1.807) is 6.07 Å². The number of azo groups is 2. The van der Waals surface area contributed by atoms with Gasteiger partial charge in [0.25, 0.3) is 10.1 Å². The summed E-state index contributed by atoms with van der Waals surface area (Å²) >= 11 is -1.90. The van der Waals surface area contributed by atoms with E-state index in [-0.39, 0.29) is 89.2 Å². The molecule has 1 atom stereocenters. The van der Waals surface area contributed by atoms with Gasteiger partial charge in [-0.15, -0.1) is 20.5 Å². The summed E-state index contributed by atoms with van der Waals surface area (Å²) in [6.07, 6.45) is -0.792. The molecule has 0 aliphatic heterocycles. The van der Waals surface area contributed by atoms with Crippen LogP contribution in [0.3, 0.4) is 0 Å². The molecule has 4 aromatic carbocycles. The van der Waals surface area contributed by atoms with Crippen LogP contribution in [0.1, 0.15) is 50.2 Å². The van der Waals surface area contributed by atoms with Crippen LogP contribution in [0.15, 0.2) is 121 Å². The number of hydrogen-bond donors (Lipinski definition) is 7. The van der Waals surface area contributed by atoms with E-state index in [2.05, 4.69) is 47.5 Å². The lowest BCUT2D eigenvalue weighted by atomic mass is 10.0. The number of thiophene rings is 1. The van der Waals surface area contributed by atoms with Crippen molar-refractivity contribution in [1.29, 1.82) is 10.5 Å². The third kappa shape index (κ3) is 11.8. The van der Waals surface area contributed by atoms with Gasteiger partial charge in [-0.2, -0.15) is 18.9 Å². The Bertz CT molecular complexity index is 3270. The summed E-state index contributed by atoms with van der Waals surface area (Å²) in [5, 5.41) is 74.6. The maximum atomic E-state index is 12.6. The Morgan fingerprint density at radius 1 is 0.761 bits per heavy atom. The first-order valence-electron chi connectivity index (χ1n) is 18.7. The molecule has 67 heavy (non-hydrogen) atoms. The molecule has 338 valence electrons. The Balaban J connectivity index is 1.53. The molecule has 0 spiro atoms. The van der Waals surface area contributed by atoms with Crippen molar-refractivity contribution in [3.63, 3.8) is 0 Å². The predicted octanol–water partition coefficient (Wildman–Crippen LogP) is 8.86. The van der Waals surface area contributed by atoms with Crippen LogP contribution in [0, 0.1) is 29.6 Å². The molecule has 6 aromatic rings. The van der Waals surface area contributed by atoms with E-state index < -0.39 is 67.5 Å². The van der Waals surface area contributed by atoms with Gasteiger partial charge in [0, 0.05) is 39.5 Å². The van der Waals surface area contributed by atoms with Crippen molar-refractivity contribution in [1.82, 2.24) is 4.98 Å². The molecule has 1 amide bonds. The van der Waals surface area contributed by atoms with Crippen LogP contribution < -0.4 is 16.0 Å². The zero-order valence-electron chi connectivity index (χ0n) is 34.0. The monoisotopic (exact) mass is 961 g/mol. The van der Waals surface area contributed by atoms with Crippen molar-refractivity contribution in [2.75, 3.05) is 16.0 Å². The maximum absolute atomic E-state index is 12.6. The Labute approximate surface area is 384 Å². The van der Waals surface area contributed by atoms with Crippen molar-refractivity contribution in [2.45, 2.75) is 29.6 Å². The highest BCUT2D eigenvalue weighted by Gasteiger charge is 2.24. The molecular weight excluding hydrogens is 933 g/mol. The number of hydrogen-bond acceptors (Lipinski definition) is 18. The molecule has 22 nitrogen and oxygen atoms in total. The van der Waals surface area contributed by atoms with Gasteiger partial charge in [0.15, 0.2) is 16.6 Å². The zero-order valence-corrected chi connectivity index (χ0v) is 36.4. The van der Waals surface area contributed by atoms with Crippen molar-refractivity contribution >= 4 is 106 Å². The lowest BCUT2D eigenvalue weighted by Crippen LogP contribution is -2.13. The fourth-order valence-electron chi connectivity index (χ4n) is 6.05. The number of amides is 1. The number of aliphatic carboxylic acids is 1. The molecule has 25 heteroatoms. The third-order valence-electron chi connectivity index (χ3n) is 9.10. The van der Waals surface area contributed by atoms with E-state index in [9.17, 15) is 61.6 Å². The van der Waals surface area contributed by atoms with E-state index in [1.165, 1.54) is 61.5 Å². The number of nitrogens with one attached hydrogen (secondary N) is 3. The largest absolute Gasteiger partial charge is 0.768 e. The molecule has 2 heterocycles. The summed E-state index contributed by atoms with van der Waals surface area (Å²) in [6, 6.07) is 23.6. The molecule has 0 bridgehead atoms. The highest BCUT2D eigenvalue weighted by atomic mass is 32.2. The minimum Gasteiger partial charge on any atom is -0.768 e. The summed E-state index contributed by atoms with van der Waals surface area (Å²) in [5.41, 5.74) is -0.508. The van der Waals surface area contributed by atoms with Crippen molar-refractivity contribution in [3.05, 3.63) is 119 Å². The Kier molecular flexibility index (Phi) is 14.6. The van der Waals surface area contributed by atoms with Gasteiger partial charge >= 0.3 is 17.9 Å². The average molecular weight is 962 g/mol. The van der Waals surface area contributed by atoms with Crippen molar-refractivity contribution < 1.29 is 56.2 Å². The van der Waals surface area contributed by atoms with Gasteiger partial charge in [0.2, 0.25) is 5.91 Å². The standard InChI is InChI=1S/C42H30N10O12S3/c1-21-31(19-43)37(46-27-8-4-10-30(18-27)67(62,63)64)48-38(47-26-7-3-9-29(17-26)66(60)61)36(21)50-51-39-32(20-44)35(22-5-2-6-25(14-22)45-33(53)11-12-34(54)55)40(65-39)52-49-28-15-23(41(56)57)13-24(16-28)42(58)59/h2-10,13-18H,11-12H2,1H3,(H,45,53)(H,54,55)(H,56,57)(H,58,59)(H,60,61)(H2,46,47,48)(H,62,63,64)/p-1. The highest BCUT2D eigenvalue weighted by molar-refractivity contribution is 7.85. The number of carbonyl (C=O) groups is 4. The number of carboxylic acids is 3. The summed E-state index contributed by atoms with van der Waals surface area (Å²) < 4.78 is 57.0. The van der Waals surface area contributed by atoms with Gasteiger partial charge in [-0.3, -0.25) is 18.4 Å². The van der Waals surface area contributed by atoms with Crippen LogP contribution in [0.25, 0.3) is 11.1 Å². The predicted molar refractivity (Wildman–Crippen MR) is 239 cm³/mol. The van der Waals surface area contributed by atoms with E-state index >= 15 is 0 Å². The van der Waals surface area contributed by atoms with E-state index in [1.807, 2.05) is 6.07 Å². The molecule has 7 N–H and O–H groups in total. The Morgan fingerprint density at radius 2 is 1.37 bits per heavy atom. The molecule has 0 saturated carbocycles. The number of carboxylic acid groups (broad SMARTS) is 3. The van der Waals surface area contributed by atoms with Gasteiger partial charge in [0.1, 0.15) is 28.4 Å². The number of benzene rings is 4. The lowest BCUT2D eigenvalue weighted by Gasteiger charge is -2.16. The molecule has 0 radical (unpaired) electrons. The highest BCUT2D eigenvalue weighted by Crippen LogP contribution is 2.49. The number of nitrogens with zero attached hydrogens (tertiary/aromatic N) is 7. The smallest absolute Gasteiger partial charge is 0.335 e. The van der Waals surface area contributed by atoms with Crippen LogP contribution in [0.4, 0.5) is 50.1 Å². The second-order valence-electron chi connectivity index (χ2n) is 13.7. The summed E-state index contributed by atoms with van der Waals surface area (Å²) in [6.45, 7) is 1.47. The first-order valence-corrected chi connectivity index (χ1v) is 22.1. The quantitative estimate of drug-likeness (QED) is 0.0255. The van der Waals surface area contributed by atoms with E-state index in [0.717, 1.165) is 41.7 Å². The minimum absolute atomic E-state index is 0.0440. The maximum Gasteiger partial charge on any atom is 0.335 e. The van der Waals surface area contributed by atoms with Gasteiger partial charge in [-0.05, 0) is 90.3 Å². The molecule has 0 saturated heterocycles. The van der Waals surface area contributed by atoms with E-state index in [0.29, 0.717) is 0 Å². The second kappa shape index (κ2) is 20.5. The topological polar surface area (TPSA) is 369 Å². The molecule has 0 aliphatic carbocycles. The molecular formula is C42H29N10O12S3-. The van der Waals surface area contributed by atoms with Crippen LogP contribution in [0.5, 0.6) is 0 Å². The molecule has 6 rings (SSSR count). The van der Waals surface area contributed by atoms with Crippen LogP contribution in [0.2, 0.25) is 0 Å². The first-order chi connectivity index (χ1) is 31.8. The van der Waals surface area contributed by atoms with Crippen LogP contribution >= 0.6 is 11.3 Å². The molecule has 0 fully saturated rings. The zero-order chi connectivity index (χ0) is 48.6. The molecule has 1 unspecified atom stereocenters. The lowest BCUT2D eigenvalue weighted by molar-refractivity contribution is -0.138. The van der Waals surface area contributed by atoms with Gasteiger partial charge in [-0.1, -0.05) is 35.6 Å². The number of nitriles is 2. The van der Waals surface area contributed by atoms with Gasteiger partial charge in [-0.25, -0.2) is 14.6 Å². The van der Waals surface area contributed by atoms with Crippen molar-refractivity contribution in [3.8, 4) is 23.3 Å². The van der Waals surface area contributed by atoms with E-state index in [4.69, 9.17) is 5.11 Å². The second-order valence-corrected chi connectivity index (χ2v) is 17.0. The normalized spacial score (nSPS) is 11.7. The SMILES string of the molecule is Cc1c(C#N)c(Nc2cccc(S(=O)(=O)O)c2)nc(Nc2cccc(S(=O)[O-])c2)c1N=Nc1sc(N=Nc2cc(C(=O)O)cc(C(=O)O)c2)c(-c2cccc(NC(=O)CCC(=O)O)c2)c1C#N. The van der Waals surface area contributed by atoms with Crippen LogP contribution in [-0.4, -0.2) is 65.9 Å². The molecule has 0 aliphatic rings. The summed E-state index contributed by atoms with van der Waals surface area (Å²) in [7, 11) is -4.63. The fourth-order valence-corrected chi connectivity index (χ4v) is 7.90. The van der Waals surface area contributed by atoms with Crippen LogP contribution in [-0.2, 0) is 30.8 Å². The van der Waals surface area contributed by atoms with Gasteiger partial charge < -0.3 is 35.8 Å². The number of aromatic nitrogens is 1. The van der Waals surface area contributed by atoms with Gasteiger partial charge in [0.05, 0.1) is 33.7 Å². The minimum atomic E-state index is -4.63. The average Bonchev–Trinajstić information content (AvgIpc) is 3.64. The number of rotatable bonds is 17. The number of anilines is 5. The number of aromatic carboxylic acids is 2. The third-order valence-corrected chi connectivity index (χ3v) is 11.5. The van der Waals surface area contributed by atoms with Crippen molar-refractivity contribution in [2.24, 2.45) is 20.5 Å². The Hall–Kier alpha value is -8.59. The summed E-state index contributed by atoms with van der Waals surface area (Å²) in [4.78, 5) is 51.2. The number of carbonyl (C=O) groups excluding carboxylic acids is 1. The number of pyridine rings is 1. The fraction of sp³-hybridized carbons (Fsp3) is 0.0714. The molecule has 2 aromatic heterocycles.